The Morgan fingerprint density at radius 1 is 1.07 bits per heavy atom. The lowest BCUT2D eigenvalue weighted by Gasteiger charge is -2.25. The van der Waals surface area contributed by atoms with Crippen LogP contribution in [0.2, 0.25) is 0 Å². The number of rotatable bonds is 6. The van der Waals surface area contributed by atoms with Crippen LogP contribution in [0.5, 0.6) is 5.75 Å². The molecule has 2 aromatic rings. The zero-order valence-corrected chi connectivity index (χ0v) is 15.9. The number of hydrogen-bond donors (Lipinski definition) is 2. The Balaban J connectivity index is 2.13. The first-order valence-electron chi connectivity index (χ1n) is 9.08. The molecule has 0 radical (unpaired) electrons. The first-order valence-corrected chi connectivity index (χ1v) is 9.08. The van der Waals surface area contributed by atoms with Crippen LogP contribution in [0.3, 0.4) is 0 Å². The summed E-state index contributed by atoms with van der Waals surface area (Å²) in [6.07, 6.45) is 0.338. The summed E-state index contributed by atoms with van der Waals surface area (Å²) >= 11 is 0. The van der Waals surface area contributed by atoms with Gasteiger partial charge in [0.05, 0.1) is 18.7 Å². The summed E-state index contributed by atoms with van der Waals surface area (Å²) in [5.74, 6) is -0.958. The maximum absolute atomic E-state index is 12.8. The number of benzene rings is 2. The van der Waals surface area contributed by atoms with Crippen LogP contribution in [0.4, 0.5) is 0 Å². The van der Waals surface area contributed by atoms with Gasteiger partial charge in [0, 0.05) is 18.7 Å². The fourth-order valence-electron chi connectivity index (χ4n) is 3.35. The van der Waals surface area contributed by atoms with Crippen LogP contribution in [0.15, 0.2) is 54.1 Å². The average Bonchev–Trinajstić information content (AvgIpc) is 2.97. The van der Waals surface area contributed by atoms with Gasteiger partial charge in [-0.05, 0) is 31.0 Å². The summed E-state index contributed by atoms with van der Waals surface area (Å²) in [5, 5.41) is 20.1. The number of amides is 1. The number of aliphatic hydroxyl groups is 2. The highest BCUT2D eigenvalue weighted by Crippen LogP contribution is 2.39. The molecule has 1 saturated heterocycles. The Morgan fingerprint density at radius 2 is 1.71 bits per heavy atom. The number of hydrogen-bond acceptors (Lipinski definition) is 5. The third kappa shape index (κ3) is 3.64. The minimum Gasteiger partial charge on any atom is -0.507 e. The SMILES string of the molecule is COc1ccc([C@@H]2C(=C(O)c3ccc(C)cc3)C(=O)C(=O)N2CCCO)cc1. The highest BCUT2D eigenvalue weighted by Gasteiger charge is 2.45. The number of nitrogens with zero attached hydrogens (tertiary/aromatic N) is 1. The number of likely N-dealkylation sites (tertiary alicyclic amines) is 1. The fourth-order valence-corrected chi connectivity index (χ4v) is 3.35. The van der Waals surface area contributed by atoms with Gasteiger partial charge in [-0.3, -0.25) is 9.59 Å². The molecule has 1 amide bonds. The number of methoxy groups -OCH3 is 1. The third-order valence-corrected chi connectivity index (χ3v) is 4.85. The Labute approximate surface area is 163 Å². The van der Waals surface area contributed by atoms with Gasteiger partial charge in [0.2, 0.25) is 0 Å². The van der Waals surface area contributed by atoms with E-state index in [-0.39, 0.29) is 24.5 Å². The molecule has 6 heteroatoms. The van der Waals surface area contributed by atoms with Crippen molar-refractivity contribution in [2.24, 2.45) is 0 Å². The summed E-state index contributed by atoms with van der Waals surface area (Å²) in [6, 6.07) is 13.4. The number of carbonyl (C=O) groups excluding carboxylic acids is 2. The van der Waals surface area contributed by atoms with Crippen LogP contribution in [-0.4, -0.2) is 47.1 Å². The summed E-state index contributed by atoms with van der Waals surface area (Å²) in [5.41, 5.74) is 2.24. The molecule has 28 heavy (non-hydrogen) atoms. The van der Waals surface area contributed by atoms with Gasteiger partial charge in [-0.2, -0.15) is 0 Å². The van der Waals surface area contributed by atoms with Crippen molar-refractivity contribution in [1.29, 1.82) is 0 Å². The molecule has 2 N–H and O–H groups in total. The molecule has 3 rings (SSSR count). The molecular weight excluding hydrogens is 358 g/mol. The van der Waals surface area contributed by atoms with Crippen molar-refractivity contribution in [3.63, 3.8) is 0 Å². The predicted molar refractivity (Wildman–Crippen MR) is 105 cm³/mol. The van der Waals surface area contributed by atoms with Gasteiger partial charge >= 0.3 is 0 Å². The molecule has 0 bridgehead atoms. The molecule has 1 aliphatic rings. The zero-order chi connectivity index (χ0) is 20.3. The standard InChI is InChI=1S/C22H23NO5/c1-14-4-6-16(7-5-14)20(25)18-19(15-8-10-17(28-2)11-9-15)23(12-3-13-24)22(27)21(18)26/h4-11,19,24-25H,3,12-13H2,1-2H3/t19-/m1/s1. The van der Waals surface area contributed by atoms with E-state index in [2.05, 4.69) is 0 Å². The van der Waals surface area contributed by atoms with Crippen molar-refractivity contribution in [3.05, 3.63) is 70.8 Å². The number of Topliss-reactive ketones (excluding diaryl/α,β-unsaturated/α-hetero) is 1. The van der Waals surface area contributed by atoms with Crippen LogP contribution in [-0.2, 0) is 9.59 Å². The first kappa shape index (κ1) is 19.6. The molecule has 0 saturated carbocycles. The highest BCUT2D eigenvalue weighted by atomic mass is 16.5. The minimum absolute atomic E-state index is 0.0527. The van der Waals surface area contributed by atoms with Crippen molar-refractivity contribution in [1.82, 2.24) is 4.90 Å². The predicted octanol–water partition coefficient (Wildman–Crippen LogP) is 2.81. The highest BCUT2D eigenvalue weighted by molar-refractivity contribution is 6.46. The monoisotopic (exact) mass is 381 g/mol. The molecule has 1 heterocycles. The number of aliphatic hydroxyl groups excluding tert-OH is 2. The summed E-state index contributed by atoms with van der Waals surface area (Å²) < 4.78 is 5.18. The van der Waals surface area contributed by atoms with Crippen molar-refractivity contribution in [3.8, 4) is 5.75 Å². The second-order valence-electron chi connectivity index (χ2n) is 6.71. The van der Waals surface area contributed by atoms with Crippen molar-refractivity contribution >= 4 is 17.4 Å². The summed E-state index contributed by atoms with van der Waals surface area (Å²) in [6.45, 7) is 2.04. The molecule has 0 unspecified atom stereocenters. The Bertz CT molecular complexity index is 900. The fraction of sp³-hybridized carbons (Fsp3) is 0.273. The molecule has 1 atom stereocenters. The molecule has 0 aromatic heterocycles. The maximum atomic E-state index is 12.8. The van der Waals surface area contributed by atoms with Gasteiger partial charge < -0.3 is 19.8 Å². The topological polar surface area (TPSA) is 87.1 Å². The van der Waals surface area contributed by atoms with Crippen LogP contribution >= 0.6 is 0 Å². The second kappa shape index (κ2) is 8.27. The van der Waals surface area contributed by atoms with Crippen molar-refractivity contribution in [2.75, 3.05) is 20.3 Å². The van der Waals surface area contributed by atoms with Gasteiger partial charge in [-0.15, -0.1) is 0 Å². The van der Waals surface area contributed by atoms with Crippen LogP contribution < -0.4 is 4.74 Å². The largest absolute Gasteiger partial charge is 0.507 e. The number of ether oxygens (including phenoxy) is 1. The molecule has 6 nitrogen and oxygen atoms in total. The minimum atomic E-state index is -0.725. The number of ketones is 1. The lowest BCUT2D eigenvalue weighted by Crippen LogP contribution is -2.31. The van der Waals surface area contributed by atoms with E-state index in [9.17, 15) is 19.8 Å². The lowest BCUT2D eigenvalue weighted by molar-refractivity contribution is -0.140. The number of aryl methyl sites for hydroxylation is 1. The maximum Gasteiger partial charge on any atom is 0.295 e. The van der Waals surface area contributed by atoms with Gasteiger partial charge in [0.1, 0.15) is 11.5 Å². The Kier molecular flexibility index (Phi) is 5.80. The molecule has 146 valence electrons. The quantitative estimate of drug-likeness (QED) is 0.456. The van der Waals surface area contributed by atoms with Crippen molar-refractivity contribution in [2.45, 2.75) is 19.4 Å². The molecule has 0 spiro atoms. The van der Waals surface area contributed by atoms with E-state index in [4.69, 9.17) is 4.74 Å². The van der Waals surface area contributed by atoms with Crippen molar-refractivity contribution < 1.29 is 24.5 Å². The van der Waals surface area contributed by atoms with Crippen LogP contribution in [0, 0.1) is 6.92 Å². The Morgan fingerprint density at radius 3 is 2.29 bits per heavy atom. The van der Waals surface area contributed by atoms with Gasteiger partial charge in [-0.25, -0.2) is 0 Å². The number of carbonyl (C=O) groups is 2. The summed E-state index contributed by atoms with van der Waals surface area (Å²) in [4.78, 5) is 26.8. The first-order chi connectivity index (χ1) is 13.5. The smallest absolute Gasteiger partial charge is 0.295 e. The lowest BCUT2D eigenvalue weighted by atomic mass is 9.95. The van der Waals surface area contributed by atoms with Gasteiger partial charge in [0.25, 0.3) is 11.7 Å². The molecule has 1 fully saturated rings. The van der Waals surface area contributed by atoms with E-state index < -0.39 is 17.7 Å². The zero-order valence-electron chi connectivity index (χ0n) is 15.9. The molecule has 1 aliphatic heterocycles. The van der Waals surface area contributed by atoms with E-state index >= 15 is 0 Å². The molecule has 2 aromatic carbocycles. The molecular formula is C22H23NO5. The van der Waals surface area contributed by atoms with Crippen LogP contribution in [0.25, 0.3) is 5.76 Å². The van der Waals surface area contributed by atoms with E-state index in [1.807, 2.05) is 19.1 Å². The third-order valence-electron chi connectivity index (χ3n) is 4.85. The normalized spacial score (nSPS) is 18.5. The van der Waals surface area contributed by atoms with E-state index in [1.54, 1.807) is 43.5 Å². The average molecular weight is 381 g/mol. The van der Waals surface area contributed by atoms with Gasteiger partial charge in [-0.1, -0.05) is 42.0 Å². The Hall–Kier alpha value is -3.12. The van der Waals surface area contributed by atoms with E-state index in [1.165, 1.54) is 4.90 Å². The van der Waals surface area contributed by atoms with Gasteiger partial charge in [0.15, 0.2) is 0 Å². The van der Waals surface area contributed by atoms with E-state index in [0.717, 1.165) is 5.56 Å². The second-order valence-corrected chi connectivity index (χ2v) is 6.71. The molecule has 0 aliphatic carbocycles. The van der Waals surface area contributed by atoms with E-state index in [0.29, 0.717) is 23.3 Å². The van der Waals surface area contributed by atoms with Crippen LogP contribution in [0.1, 0.15) is 29.2 Å². The summed E-state index contributed by atoms with van der Waals surface area (Å²) in [7, 11) is 1.56.